The average molecular weight is 356 g/mol. The summed E-state index contributed by atoms with van der Waals surface area (Å²) in [7, 11) is 0. The van der Waals surface area contributed by atoms with Crippen LogP contribution in [0.2, 0.25) is 0 Å². The van der Waals surface area contributed by atoms with E-state index in [9.17, 15) is 4.79 Å². The van der Waals surface area contributed by atoms with Gasteiger partial charge in [-0.05, 0) is 66.4 Å². The van der Waals surface area contributed by atoms with Crippen molar-refractivity contribution in [3.63, 3.8) is 0 Å². The molecule has 1 heterocycles. The first-order chi connectivity index (χ1) is 13.0. The highest BCUT2D eigenvalue weighted by molar-refractivity contribution is 6.05. The molecule has 27 heavy (non-hydrogen) atoms. The number of benzene rings is 3. The maximum Gasteiger partial charge on any atom is 0.255 e. The van der Waals surface area contributed by atoms with Crippen molar-refractivity contribution in [1.82, 2.24) is 4.98 Å². The molecule has 0 unspecified atom stereocenters. The number of anilines is 1. The molecule has 134 valence electrons. The standard InChI is InChI=1S/C23H20N2O2/c1-14-6-4-5-7-19(14)23(26)25-18-10-8-17(9-11-18)20-13-22-21(12-15(20)2)24-16(3)27-22/h4-13H,1-3H3,(H,25,26). The maximum atomic E-state index is 12.5. The Labute approximate surface area is 157 Å². The molecule has 0 saturated heterocycles. The largest absolute Gasteiger partial charge is 0.441 e. The summed E-state index contributed by atoms with van der Waals surface area (Å²) in [6.07, 6.45) is 0. The van der Waals surface area contributed by atoms with Crippen molar-refractivity contribution in [2.24, 2.45) is 0 Å². The van der Waals surface area contributed by atoms with Crippen molar-refractivity contribution in [2.45, 2.75) is 20.8 Å². The lowest BCUT2D eigenvalue weighted by atomic mass is 9.99. The first-order valence-corrected chi connectivity index (χ1v) is 8.86. The quantitative estimate of drug-likeness (QED) is 0.514. The van der Waals surface area contributed by atoms with Crippen LogP contribution in [0.15, 0.2) is 65.1 Å². The second kappa shape index (κ2) is 6.72. The average Bonchev–Trinajstić information content (AvgIpc) is 3.01. The molecule has 0 spiro atoms. The third-order valence-electron chi connectivity index (χ3n) is 4.68. The molecular formula is C23H20N2O2. The van der Waals surface area contributed by atoms with E-state index in [-0.39, 0.29) is 5.91 Å². The number of fused-ring (bicyclic) bond motifs is 1. The van der Waals surface area contributed by atoms with Crippen LogP contribution < -0.4 is 5.32 Å². The second-order valence-electron chi connectivity index (χ2n) is 6.71. The van der Waals surface area contributed by atoms with Crippen molar-refractivity contribution >= 4 is 22.7 Å². The number of hydrogen-bond acceptors (Lipinski definition) is 3. The molecule has 1 amide bonds. The molecule has 1 aromatic heterocycles. The van der Waals surface area contributed by atoms with E-state index in [0.29, 0.717) is 11.5 Å². The van der Waals surface area contributed by atoms with E-state index in [4.69, 9.17) is 4.42 Å². The van der Waals surface area contributed by atoms with Gasteiger partial charge in [0.15, 0.2) is 11.5 Å². The third kappa shape index (κ3) is 3.34. The van der Waals surface area contributed by atoms with Crippen LogP contribution in [-0.4, -0.2) is 10.9 Å². The zero-order valence-electron chi connectivity index (χ0n) is 15.5. The van der Waals surface area contributed by atoms with Gasteiger partial charge in [-0.3, -0.25) is 4.79 Å². The molecule has 3 aromatic carbocycles. The van der Waals surface area contributed by atoms with Gasteiger partial charge >= 0.3 is 0 Å². The van der Waals surface area contributed by atoms with Crippen LogP contribution in [0.3, 0.4) is 0 Å². The number of aryl methyl sites for hydroxylation is 3. The van der Waals surface area contributed by atoms with Crippen molar-refractivity contribution < 1.29 is 9.21 Å². The fourth-order valence-corrected chi connectivity index (χ4v) is 3.26. The van der Waals surface area contributed by atoms with Gasteiger partial charge in [-0.1, -0.05) is 30.3 Å². The predicted molar refractivity (Wildman–Crippen MR) is 108 cm³/mol. The molecule has 4 nitrogen and oxygen atoms in total. The van der Waals surface area contributed by atoms with Crippen LogP contribution in [0, 0.1) is 20.8 Å². The molecule has 0 aliphatic rings. The van der Waals surface area contributed by atoms with E-state index in [2.05, 4.69) is 17.2 Å². The summed E-state index contributed by atoms with van der Waals surface area (Å²) in [5, 5.41) is 2.96. The summed E-state index contributed by atoms with van der Waals surface area (Å²) in [5.74, 6) is 0.561. The van der Waals surface area contributed by atoms with Crippen molar-refractivity contribution in [2.75, 3.05) is 5.32 Å². The molecule has 0 aliphatic carbocycles. The van der Waals surface area contributed by atoms with Crippen LogP contribution in [0.4, 0.5) is 5.69 Å². The summed E-state index contributed by atoms with van der Waals surface area (Å²) < 4.78 is 5.65. The van der Waals surface area contributed by atoms with Crippen LogP contribution >= 0.6 is 0 Å². The normalized spacial score (nSPS) is 10.9. The van der Waals surface area contributed by atoms with Gasteiger partial charge < -0.3 is 9.73 Å². The number of rotatable bonds is 3. The van der Waals surface area contributed by atoms with E-state index >= 15 is 0 Å². The highest BCUT2D eigenvalue weighted by Gasteiger charge is 2.11. The van der Waals surface area contributed by atoms with Gasteiger partial charge in [0.05, 0.1) is 0 Å². The number of nitrogens with zero attached hydrogens (tertiary/aromatic N) is 1. The van der Waals surface area contributed by atoms with Crippen LogP contribution in [0.1, 0.15) is 27.4 Å². The molecule has 0 fully saturated rings. The van der Waals surface area contributed by atoms with Gasteiger partial charge in [0.2, 0.25) is 0 Å². The van der Waals surface area contributed by atoms with Crippen LogP contribution in [-0.2, 0) is 0 Å². The fraction of sp³-hybridized carbons (Fsp3) is 0.130. The van der Waals surface area contributed by atoms with Gasteiger partial charge in [0, 0.05) is 18.2 Å². The highest BCUT2D eigenvalue weighted by Crippen LogP contribution is 2.29. The Morgan fingerprint density at radius 2 is 1.67 bits per heavy atom. The molecule has 0 bridgehead atoms. The van der Waals surface area contributed by atoms with Crippen molar-refractivity contribution in [3.05, 3.63) is 83.2 Å². The number of carbonyl (C=O) groups excluding carboxylic acids is 1. The van der Waals surface area contributed by atoms with E-state index < -0.39 is 0 Å². The lowest BCUT2D eigenvalue weighted by Crippen LogP contribution is -2.13. The Bertz CT molecular complexity index is 1140. The summed E-state index contributed by atoms with van der Waals surface area (Å²) in [6.45, 7) is 5.84. The number of carbonyl (C=O) groups is 1. The Morgan fingerprint density at radius 3 is 2.41 bits per heavy atom. The third-order valence-corrected chi connectivity index (χ3v) is 4.68. The molecule has 1 N–H and O–H groups in total. The molecule has 4 rings (SSSR count). The number of oxazole rings is 1. The first-order valence-electron chi connectivity index (χ1n) is 8.86. The van der Waals surface area contributed by atoms with Crippen LogP contribution in [0.5, 0.6) is 0 Å². The van der Waals surface area contributed by atoms with E-state index in [1.165, 1.54) is 0 Å². The minimum atomic E-state index is -0.101. The lowest BCUT2D eigenvalue weighted by Gasteiger charge is -2.10. The monoisotopic (exact) mass is 356 g/mol. The van der Waals surface area contributed by atoms with Crippen molar-refractivity contribution in [1.29, 1.82) is 0 Å². The SMILES string of the molecule is Cc1nc2cc(C)c(-c3ccc(NC(=O)c4ccccc4C)cc3)cc2o1. The Balaban J connectivity index is 1.60. The minimum absolute atomic E-state index is 0.101. The number of amides is 1. The maximum absolute atomic E-state index is 12.5. The number of hydrogen-bond donors (Lipinski definition) is 1. The Kier molecular flexibility index (Phi) is 4.24. The van der Waals surface area contributed by atoms with E-state index in [0.717, 1.165) is 39.0 Å². The van der Waals surface area contributed by atoms with Crippen LogP contribution in [0.25, 0.3) is 22.2 Å². The topological polar surface area (TPSA) is 55.1 Å². The summed E-state index contributed by atoms with van der Waals surface area (Å²) >= 11 is 0. The highest BCUT2D eigenvalue weighted by atomic mass is 16.3. The molecule has 0 radical (unpaired) electrons. The molecular weight excluding hydrogens is 336 g/mol. The first kappa shape index (κ1) is 17.0. The summed E-state index contributed by atoms with van der Waals surface area (Å²) in [5.41, 5.74) is 7.35. The Hall–Kier alpha value is -3.40. The molecule has 4 aromatic rings. The van der Waals surface area contributed by atoms with E-state index in [1.807, 2.05) is 74.5 Å². The molecule has 0 aliphatic heterocycles. The molecule has 4 heteroatoms. The fourth-order valence-electron chi connectivity index (χ4n) is 3.26. The van der Waals surface area contributed by atoms with Gasteiger partial charge in [0.1, 0.15) is 5.52 Å². The van der Waals surface area contributed by atoms with E-state index in [1.54, 1.807) is 0 Å². The molecule has 0 atom stereocenters. The zero-order valence-corrected chi connectivity index (χ0v) is 15.5. The Morgan fingerprint density at radius 1 is 0.926 bits per heavy atom. The zero-order chi connectivity index (χ0) is 19.0. The van der Waals surface area contributed by atoms with Gasteiger partial charge in [-0.25, -0.2) is 4.98 Å². The summed E-state index contributed by atoms with van der Waals surface area (Å²) in [4.78, 5) is 16.8. The number of aromatic nitrogens is 1. The van der Waals surface area contributed by atoms with Gasteiger partial charge in [-0.2, -0.15) is 0 Å². The van der Waals surface area contributed by atoms with Gasteiger partial charge in [-0.15, -0.1) is 0 Å². The minimum Gasteiger partial charge on any atom is -0.441 e. The number of nitrogens with one attached hydrogen (secondary N) is 1. The summed E-state index contributed by atoms with van der Waals surface area (Å²) in [6, 6.07) is 19.5. The molecule has 0 saturated carbocycles. The smallest absolute Gasteiger partial charge is 0.255 e. The van der Waals surface area contributed by atoms with Gasteiger partial charge in [0.25, 0.3) is 5.91 Å². The lowest BCUT2D eigenvalue weighted by molar-refractivity contribution is 0.102. The predicted octanol–water partition coefficient (Wildman–Crippen LogP) is 5.67. The van der Waals surface area contributed by atoms with Crippen molar-refractivity contribution in [3.8, 4) is 11.1 Å². The second-order valence-corrected chi connectivity index (χ2v) is 6.71.